The molecule has 0 spiro atoms. The van der Waals surface area contributed by atoms with Crippen LogP contribution in [0.3, 0.4) is 0 Å². The van der Waals surface area contributed by atoms with E-state index in [1.54, 1.807) is 12.7 Å². The topological polar surface area (TPSA) is 42.7 Å². The molecule has 0 unspecified atom stereocenters. The zero-order valence-electron chi connectivity index (χ0n) is 10.6. The lowest BCUT2D eigenvalue weighted by molar-refractivity contribution is 0.449. The van der Waals surface area contributed by atoms with Crippen LogP contribution >= 0.6 is 11.6 Å². The minimum Gasteiger partial charge on any atom is -0.308 e. The number of hydrogen-bond donors (Lipinski definition) is 1. The van der Waals surface area contributed by atoms with Crippen molar-refractivity contribution in [2.45, 2.75) is 33.0 Å². The molecule has 0 aliphatic carbocycles. The lowest BCUT2D eigenvalue weighted by Gasteiger charge is -2.14. The highest BCUT2D eigenvalue weighted by Crippen LogP contribution is 2.15. The number of halogens is 1. The van der Waals surface area contributed by atoms with Crippen LogP contribution in [0.5, 0.6) is 0 Å². The maximum atomic E-state index is 5.94. The molecule has 1 N–H and O–H groups in total. The fraction of sp³-hybridized carbons (Fsp3) is 0.385. The molecule has 0 amide bonds. The van der Waals surface area contributed by atoms with Crippen molar-refractivity contribution in [1.82, 2.24) is 20.1 Å². The number of aryl methyl sites for hydroxylation is 1. The van der Waals surface area contributed by atoms with Crippen molar-refractivity contribution in [2.75, 3.05) is 0 Å². The van der Waals surface area contributed by atoms with E-state index in [2.05, 4.69) is 35.3 Å². The van der Waals surface area contributed by atoms with Crippen LogP contribution in [-0.2, 0) is 13.1 Å². The summed E-state index contributed by atoms with van der Waals surface area (Å²) in [7, 11) is 0. The van der Waals surface area contributed by atoms with Crippen molar-refractivity contribution in [3.05, 3.63) is 47.0 Å². The lowest BCUT2D eigenvalue weighted by atomic mass is 10.1. The fourth-order valence-corrected chi connectivity index (χ4v) is 2.04. The summed E-state index contributed by atoms with van der Waals surface area (Å²) in [5, 5.41) is 8.34. The summed E-state index contributed by atoms with van der Waals surface area (Å²) in [6, 6.07) is 6.31. The van der Waals surface area contributed by atoms with E-state index in [1.165, 1.54) is 11.1 Å². The minimum atomic E-state index is 0.335. The maximum Gasteiger partial charge on any atom is 0.137 e. The third-order valence-electron chi connectivity index (χ3n) is 2.87. The molecular weight excluding hydrogens is 248 g/mol. The molecule has 1 aromatic carbocycles. The molecule has 4 nitrogen and oxygen atoms in total. The van der Waals surface area contributed by atoms with Gasteiger partial charge in [0.15, 0.2) is 0 Å². The van der Waals surface area contributed by atoms with E-state index < -0.39 is 0 Å². The van der Waals surface area contributed by atoms with E-state index in [0.29, 0.717) is 6.04 Å². The van der Waals surface area contributed by atoms with Crippen LogP contribution in [0, 0.1) is 6.92 Å². The number of hydrogen-bond acceptors (Lipinski definition) is 3. The van der Waals surface area contributed by atoms with Crippen LogP contribution in [0.25, 0.3) is 0 Å². The fourth-order valence-electron chi connectivity index (χ4n) is 1.81. The Bertz CT molecular complexity index is 496. The summed E-state index contributed by atoms with van der Waals surface area (Å²) >= 11 is 5.94. The van der Waals surface area contributed by atoms with Gasteiger partial charge in [0.1, 0.15) is 12.7 Å². The molecule has 0 radical (unpaired) electrons. The molecule has 96 valence electrons. The maximum absolute atomic E-state index is 5.94. The summed E-state index contributed by atoms with van der Waals surface area (Å²) < 4.78 is 1.83. The van der Waals surface area contributed by atoms with Crippen molar-refractivity contribution in [3.8, 4) is 0 Å². The Labute approximate surface area is 112 Å². The van der Waals surface area contributed by atoms with Gasteiger partial charge in [-0.2, -0.15) is 5.10 Å². The van der Waals surface area contributed by atoms with E-state index in [9.17, 15) is 0 Å². The molecule has 0 bridgehead atoms. The molecule has 2 rings (SSSR count). The molecule has 18 heavy (non-hydrogen) atoms. The summed E-state index contributed by atoms with van der Waals surface area (Å²) in [5.74, 6) is 0. The zero-order valence-corrected chi connectivity index (χ0v) is 11.4. The summed E-state index contributed by atoms with van der Waals surface area (Å²) in [5.41, 5.74) is 2.48. The SMILES string of the molecule is Cc1cc(Cl)ccc1CN[C@H](C)Cn1cncn1. The van der Waals surface area contributed by atoms with Crippen LogP contribution in [0.2, 0.25) is 5.02 Å². The van der Waals surface area contributed by atoms with Crippen molar-refractivity contribution < 1.29 is 0 Å². The predicted molar refractivity (Wildman–Crippen MR) is 72.5 cm³/mol. The molecule has 0 aliphatic heterocycles. The number of benzene rings is 1. The highest BCUT2D eigenvalue weighted by Gasteiger charge is 2.05. The summed E-state index contributed by atoms with van der Waals surface area (Å²) in [4.78, 5) is 3.93. The van der Waals surface area contributed by atoms with Crippen molar-refractivity contribution >= 4 is 11.6 Å². The van der Waals surface area contributed by atoms with E-state index in [0.717, 1.165) is 18.1 Å². The Morgan fingerprint density at radius 1 is 1.44 bits per heavy atom. The molecule has 0 saturated heterocycles. The molecule has 1 heterocycles. The standard InChI is InChI=1S/C13H17ClN4/c1-10-5-13(14)4-3-12(10)6-16-11(2)7-18-9-15-8-17-18/h3-5,8-9,11,16H,6-7H2,1-2H3/t11-/m1/s1. The first-order chi connectivity index (χ1) is 8.65. The van der Waals surface area contributed by atoms with Gasteiger partial charge in [-0.3, -0.25) is 4.68 Å². The molecule has 2 aromatic rings. The van der Waals surface area contributed by atoms with E-state index >= 15 is 0 Å². The average Bonchev–Trinajstić information content (AvgIpc) is 2.80. The summed E-state index contributed by atoms with van der Waals surface area (Å²) in [6.45, 7) is 5.85. The van der Waals surface area contributed by atoms with E-state index in [-0.39, 0.29) is 0 Å². The molecule has 0 fully saturated rings. The highest BCUT2D eigenvalue weighted by molar-refractivity contribution is 6.30. The van der Waals surface area contributed by atoms with E-state index in [1.807, 2.05) is 16.8 Å². The Morgan fingerprint density at radius 3 is 2.94 bits per heavy atom. The van der Waals surface area contributed by atoms with Gasteiger partial charge in [0.2, 0.25) is 0 Å². The van der Waals surface area contributed by atoms with Crippen molar-refractivity contribution in [3.63, 3.8) is 0 Å². The van der Waals surface area contributed by atoms with Gasteiger partial charge in [0.25, 0.3) is 0 Å². The van der Waals surface area contributed by atoms with Gasteiger partial charge in [-0.15, -0.1) is 0 Å². The van der Waals surface area contributed by atoms with Gasteiger partial charge >= 0.3 is 0 Å². The second-order valence-corrected chi connectivity index (χ2v) is 4.91. The quantitative estimate of drug-likeness (QED) is 0.902. The Morgan fingerprint density at radius 2 is 2.28 bits per heavy atom. The predicted octanol–water partition coefficient (Wildman–Crippen LogP) is 2.42. The number of rotatable bonds is 5. The first-order valence-corrected chi connectivity index (χ1v) is 6.34. The van der Waals surface area contributed by atoms with Gasteiger partial charge < -0.3 is 5.32 Å². The van der Waals surface area contributed by atoms with Crippen LogP contribution in [0.1, 0.15) is 18.1 Å². The lowest BCUT2D eigenvalue weighted by Crippen LogP contribution is -2.30. The van der Waals surface area contributed by atoms with Gasteiger partial charge in [-0.1, -0.05) is 17.7 Å². The van der Waals surface area contributed by atoms with Gasteiger partial charge in [-0.05, 0) is 37.1 Å². The van der Waals surface area contributed by atoms with E-state index in [4.69, 9.17) is 11.6 Å². The van der Waals surface area contributed by atoms with Crippen LogP contribution in [0.15, 0.2) is 30.9 Å². The molecule has 1 atom stereocenters. The third-order valence-corrected chi connectivity index (χ3v) is 3.11. The van der Waals surface area contributed by atoms with Crippen LogP contribution in [-0.4, -0.2) is 20.8 Å². The van der Waals surface area contributed by atoms with Crippen molar-refractivity contribution in [1.29, 1.82) is 0 Å². The molecule has 0 saturated carbocycles. The largest absolute Gasteiger partial charge is 0.308 e. The van der Waals surface area contributed by atoms with Crippen LogP contribution in [0.4, 0.5) is 0 Å². The second kappa shape index (κ2) is 5.98. The molecular formula is C13H17ClN4. The van der Waals surface area contributed by atoms with Gasteiger partial charge in [0.05, 0.1) is 6.54 Å². The van der Waals surface area contributed by atoms with Crippen molar-refractivity contribution in [2.24, 2.45) is 0 Å². The normalized spacial score (nSPS) is 12.6. The average molecular weight is 265 g/mol. The zero-order chi connectivity index (χ0) is 13.0. The monoisotopic (exact) mass is 264 g/mol. The first kappa shape index (κ1) is 13.1. The highest BCUT2D eigenvalue weighted by atomic mass is 35.5. The minimum absolute atomic E-state index is 0.335. The number of nitrogens with one attached hydrogen (secondary N) is 1. The Hall–Kier alpha value is -1.39. The first-order valence-electron chi connectivity index (χ1n) is 5.96. The van der Waals surface area contributed by atoms with Crippen LogP contribution < -0.4 is 5.32 Å². The molecule has 1 aromatic heterocycles. The molecule has 5 heteroatoms. The number of nitrogens with zero attached hydrogens (tertiary/aromatic N) is 3. The molecule has 0 aliphatic rings. The second-order valence-electron chi connectivity index (χ2n) is 4.47. The number of aromatic nitrogens is 3. The van der Waals surface area contributed by atoms with Gasteiger partial charge in [-0.25, -0.2) is 4.98 Å². The third kappa shape index (κ3) is 3.55. The summed E-state index contributed by atoms with van der Waals surface area (Å²) in [6.07, 6.45) is 3.28. The Balaban J connectivity index is 1.87. The smallest absolute Gasteiger partial charge is 0.137 e. The van der Waals surface area contributed by atoms with Gasteiger partial charge in [0, 0.05) is 17.6 Å². The Kier molecular flexibility index (Phi) is 4.33.